The fraction of sp³-hybridized carbons (Fsp3) is 0.500. The van der Waals surface area contributed by atoms with Gasteiger partial charge in [-0.1, -0.05) is 13.8 Å². The summed E-state index contributed by atoms with van der Waals surface area (Å²) in [6.45, 7) is 3.94. The fourth-order valence-corrected chi connectivity index (χ4v) is 4.96. The van der Waals surface area contributed by atoms with Crippen LogP contribution in [0.5, 0.6) is 5.75 Å². The highest BCUT2D eigenvalue weighted by molar-refractivity contribution is 7.89. The zero-order valence-electron chi connectivity index (χ0n) is 11.8. The van der Waals surface area contributed by atoms with Crippen LogP contribution in [-0.2, 0) is 19.6 Å². The van der Waals surface area contributed by atoms with E-state index in [1.54, 1.807) is 0 Å². The summed E-state index contributed by atoms with van der Waals surface area (Å²) >= 11 is 0. The SMILES string of the molecule is CC1(C)CC2CN(S(=O)(=O)c3ccc(O)cc3)C1C(=O)O2. The molecule has 4 rings (SSSR count). The minimum atomic E-state index is -3.79. The van der Waals surface area contributed by atoms with Crippen molar-refractivity contribution >= 4 is 16.0 Å². The Bertz CT molecular complexity index is 680. The number of piperidine rings is 1. The molecule has 3 fully saturated rings. The number of aromatic hydroxyl groups is 1. The van der Waals surface area contributed by atoms with E-state index in [4.69, 9.17) is 4.74 Å². The number of fused-ring (bicyclic) bond motifs is 3. The molecule has 0 amide bonds. The average molecular weight is 311 g/mol. The third kappa shape index (κ3) is 2.20. The highest BCUT2D eigenvalue weighted by Gasteiger charge is 2.56. The number of hydrogen-bond donors (Lipinski definition) is 1. The van der Waals surface area contributed by atoms with Crippen LogP contribution in [0.3, 0.4) is 0 Å². The molecule has 0 saturated carbocycles. The van der Waals surface area contributed by atoms with E-state index >= 15 is 0 Å². The summed E-state index contributed by atoms with van der Waals surface area (Å²) in [5.74, 6) is -0.487. The number of esters is 1. The standard InChI is InChI=1S/C14H17NO5S/c1-14(2)7-10-8-15(12(14)13(17)20-10)21(18,19)11-5-3-9(16)4-6-11/h3-6,10,12,16H,7-8H2,1-2H3. The smallest absolute Gasteiger partial charge is 0.325 e. The lowest BCUT2D eigenvalue weighted by Crippen LogP contribution is -2.66. The molecule has 1 aromatic carbocycles. The Labute approximate surface area is 123 Å². The van der Waals surface area contributed by atoms with Crippen LogP contribution in [0.1, 0.15) is 20.3 Å². The van der Waals surface area contributed by atoms with E-state index < -0.39 is 33.6 Å². The van der Waals surface area contributed by atoms with E-state index in [2.05, 4.69) is 0 Å². The Morgan fingerprint density at radius 1 is 1.29 bits per heavy atom. The molecule has 1 N–H and O–H groups in total. The minimum absolute atomic E-state index is 0.00569. The van der Waals surface area contributed by atoms with Gasteiger partial charge in [0.05, 0.1) is 11.4 Å². The van der Waals surface area contributed by atoms with E-state index in [1.165, 1.54) is 28.6 Å². The summed E-state index contributed by atoms with van der Waals surface area (Å²) in [5.41, 5.74) is -0.456. The minimum Gasteiger partial charge on any atom is -0.508 e. The molecule has 1 aromatic rings. The number of carbonyl (C=O) groups is 1. The van der Waals surface area contributed by atoms with Crippen molar-refractivity contribution in [1.29, 1.82) is 0 Å². The van der Waals surface area contributed by atoms with Crippen LogP contribution in [0.2, 0.25) is 0 Å². The van der Waals surface area contributed by atoms with Crippen LogP contribution in [-0.4, -0.2) is 42.5 Å². The number of hydrogen-bond acceptors (Lipinski definition) is 5. The van der Waals surface area contributed by atoms with Crippen molar-refractivity contribution in [3.05, 3.63) is 24.3 Å². The van der Waals surface area contributed by atoms with Gasteiger partial charge in [-0.25, -0.2) is 8.42 Å². The number of rotatable bonds is 2. The average Bonchev–Trinajstić information content (AvgIpc) is 2.36. The van der Waals surface area contributed by atoms with Gasteiger partial charge in [-0.3, -0.25) is 4.79 Å². The Balaban J connectivity index is 2.03. The molecule has 21 heavy (non-hydrogen) atoms. The molecule has 0 aliphatic carbocycles. The van der Waals surface area contributed by atoms with Gasteiger partial charge < -0.3 is 9.84 Å². The van der Waals surface area contributed by atoms with Gasteiger partial charge in [0.1, 0.15) is 17.9 Å². The molecule has 2 atom stereocenters. The van der Waals surface area contributed by atoms with Gasteiger partial charge in [0.25, 0.3) is 0 Å². The molecule has 2 unspecified atom stereocenters. The van der Waals surface area contributed by atoms with E-state index in [0.717, 1.165) is 0 Å². The maximum absolute atomic E-state index is 12.8. The van der Waals surface area contributed by atoms with E-state index in [1.807, 2.05) is 13.8 Å². The first-order chi connectivity index (χ1) is 9.72. The predicted octanol–water partition coefficient (Wildman–Crippen LogP) is 1.11. The quantitative estimate of drug-likeness (QED) is 0.827. The summed E-state index contributed by atoms with van der Waals surface area (Å²) in [5, 5.41) is 9.28. The van der Waals surface area contributed by atoms with Crippen LogP contribution in [0, 0.1) is 5.41 Å². The molecule has 3 aliphatic rings. The summed E-state index contributed by atoms with van der Waals surface area (Å²) < 4.78 is 32.0. The number of carbonyl (C=O) groups excluding carboxylic acids is 1. The van der Waals surface area contributed by atoms with Crippen molar-refractivity contribution in [2.75, 3.05) is 6.54 Å². The second kappa shape index (κ2) is 4.45. The first-order valence-electron chi connectivity index (χ1n) is 6.73. The van der Waals surface area contributed by atoms with Crippen molar-refractivity contribution in [2.45, 2.75) is 37.3 Å². The van der Waals surface area contributed by atoms with Gasteiger partial charge in [-0.2, -0.15) is 4.31 Å². The molecule has 3 aliphatic heterocycles. The lowest BCUT2D eigenvalue weighted by atomic mass is 9.74. The second-order valence-corrected chi connectivity index (χ2v) is 8.11. The summed E-state index contributed by atoms with van der Waals surface area (Å²) in [4.78, 5) is 12.1. The van der Waals surface area contributed by atoms with E-state index in [9.17, 15) is 18.3 Å². The Morgan fingerprint density at radius 3 is 2.43 bits per heavy atom. The molecule has 2 bridgehead atoms. The predicted molar refractivity (Wildman–Crippen MR) is 74.1 cm³/mol. The van der Waals surface area contributed by atoms with Gasteiger partial charge >= 0.3 is 5.97 Å². The van der Waals surface area contributed by atoms with E-state index in [0.29, 0.717) is 6.42 Å². The van der Waals surface area contributed by atoms with Gasteiger partial charge in [0, 0.05) is 0 Å². The Kier molecular flexibility index (Phi) is 3.04. The molecule has 0 aromatic heterocycles. The molecule has 0 radical (unpaired) electrons. The fourth-order valence-electron chi connectivity index (χ4n) is 3.19. The van der Waals surface area contributed by atoms with Gasteiger partial charge in [0.15, 0.2) is 0 Å². The lowest BCUT2D eigenvalue weighted by Gasteiger charge is -2.51. The number of phenolic OH excluding ortho intramolecular Hbond substituents is 1. The van der Waals surface area contributed by atoms with Crippen LogP contribution in [0.15, 0.2) is 29.2 Å². The summed E-state index contributed by atoms with van der Waals surface area (Å²) in [6, 6.07) is 4.51. The Morgan fingerprint density at radius 2 is 1.90 bits per heavy atom. The van der Waals surface area contributed by atoms with Crippen molar-refractivity contribution in [3.8, 4) is 5.75 Å². The molecule has 0 spiro atoms. The van der Waals surface area contributed by atoms with Crippen LogP contribution < -0.4 is 0 Å². The molecule has 6 nitrogen and oxygen atoms in total. The maximum atomic E-state index is 12.8. The molecular weight excluding hydrogens is 294 g/mol. The highest BCUT2D eigenvalue weighted by Crippen LogP contribution is 2.43. The number of benzene rings is 1. The second-order valence-electron chi connectivity index (χ2n) is 6.22. The molecule has 114 valence electrons. The van der Waals surface area contributed by atoms with Crippen molar-refractivity contribution in [3.63, 3.8) is 0 Å². The number of ether oxygens (including phenoxy) is 1. The van der Waals surface area contributed by atoms with Crippen molar-refractivity contribution in [1.82, 2.24) is 4.31 Å². The lowest BCUT2D eigenvalue weighted by molar-refractivity contribution is -0.183. The first-order valence-corrected chi connectivity index (χ1v) is 8.17. The molecule has 3 heterocycles. The highest BCUT2D eigenvalue weighted by atomic mass is 32.2. The maximum Gasteiger partial charge on any atom is 0.325 e. The monoisotopic (exact) mass is 311 g/mol. The normalized spacial score (nSPS) is 28.4. The number of morpholine rings is 1. The van der Waals surface area contributed by atoms with Gasteiger partial charge in [-0.05, 0) is 36.1 Å². The molecule has 7 heteroatoms. The van der Waals surface area contributed by atoms with Crippen LogP contribution in [0.4, 0.5) is 0 Å². The van der Waals surface area contributed by atoms with E-state index in [-0.39, 0.29) is 17.2 Å². The van der Waals surface area contributed by atoms with Crippen molar-refractivity contribution in [2.24, 2.45) is 5.41 Å². The van der Waals surface area contributed by atoms with Crippen LogP contribution >= 0.6 is 0 Å². The number of phenols is 1. The molecule has 3 saturated heterocycles. The van der Waals surface area contributed by atoms with Gasteiger partial charge in [-0.15, -0.1) is 0 Å². The zero-order chi connectivity index (χ0) is 15.4. The summed E-state index contributed by atoms with van der Waals surface area (Å²) in [6.07, 6.45) is 0.259. The first kappa shape index (κ1) is 14.3. The van der Waals surface area contributed by atoms with Crippen molar-refractivity contribution < 1.29 is 23.1 Å². The van der Waals surface area contributed by atoms with Crippen LogP contribution in [0.25, 0.3) is 0 Å². The Hall–Kier alpha value is -1.60. The largest absolute Gasteiger partial charge is 0.508 e. The molecular formula is C14H17NO5S. The topological polar surface area (TPSA) is 83.9 Å². The van der Waals surface area contributed by atoms with Gasteiger partial charge in [0.2, 0.25) is 10.0 Å². The third-order valence-corrected chi connectivity index (χ3v) is 5.96. The summed E-state index contributed by atoms with van der Waals surface area (Å²) in [7, 11) is -3.79. The number of nitrogens with zero attached hydrogens (tertiary/aromatic N) is 1. The number of sulfonamides is 1. The zero-order valence-corrected chi connectivity index (χ0v) is 12.6. The third-order valence-electron chi connectivity index (χ3n) is 4.11.